The summed E-state index contributed by atoms with van der Waals surface area (Å²) in [6.07, 6.45) is 5.08. The standard InChI is InChI=1S/C17H14N2OS/c18-12-15(9-4-8-14-6-2-1-3-7-14)17(20)19-13-16-10-5-11-21-16/h1-11H,13H2,(H,19,20)/b8-4+,15-9+. The molecule has 0 saturated carbocycles. The summed E-state index contributed by atoms with van der Waals surface area (Å²) < 4.78 is 0. The first kappa shape index (κ1) is 14.8. The topological polar surface area (TPSA) is 52.9 Å². The van der Waals surface area contributed by atoms with E-state index in [9.17, 15) is 4.79 Å². The zero-order valence-corrected chi connectivity index (χ0v) is 12.1. The van der Waals surface area contributed by atoms with Crippen LogP contribution in [-0.4, -0.2) is 5.91 Å². The largest absolute Gasteiger partial charge is 0.347 e. The van der Waals surface area contributed by atoms with Crippen LogP contribution in [0.1, 0.15) is 10.4 Å². The molecule has 0 fully saturated rings. The Balaban J connectivity index is 1.95. The van der Waals surface area contributed by atoms with Gasteiger partial charge in [-0.25, -0.2) is 0 Å². The molecule has 2 rings (SSSR count). The van der Waals surface area contributed by atoms with Crippen LogP contribution in [0.4, 0.5) is 0 Å². The van der Waals surface area contributed by atoms with Crippen LogP contribution in [0.3, 0.4) is 0 Å². The van der Waals surface area contributed by atoms with Crippen LogP contribution in [0.25, 0.3) is 6.08 Å². The summed E-state index contributed by atoms with van der Waals surface area (Å²) in [5.41, 5.74) is 1.11. The highest BCUT2D eigenvalue weighted by Crippen LogP contribution is 2.08. The Morgan fingerprint density at radius 3 is 2.71 bits per heavy atom. The number of hydrogen-bond acceptors (Lipinski definition) is 3. The zero-order valence-electron chi connectivity index (χ0n) is 11.3. The van der Waals surface area contributed by atoms with Crippen LogP contribution >= 0.6 is 11.3 Å². The van der Waals surface area contributed by atoms with Crippen molar-refractivity contribution in [3.05, 3.63) is 76.0 Å². The van der Waals surface area contributed by atoms with Gasteiger partial charge in [0.05, 0.1) is 6.54 Å². The van der Waals surface area contributed by atoms with Crippen LogP contribution < -0.4 is 5.32 Å². The Bertz CT molecular complexity index is 679. The molecule has 0 bridgehead atoms. The fourth-order valence-electron chi connectivity index (χ4n) is 1.66. The van der Waals surface area contributed by atoms with Crippen LogP contribution in [0.15, 0.2) is 65.6 Å². The molecule has 0 radical (unpaired) electrons. The smallest absolute Gasteiger partial charge is 0.262 e. The molecule has 3 nitrogen and oxygen atoms in total. The van der Waals surface area contributed by atoms with Gasteiger partial charge in [-0.05, 0) is 23.1 Å². The molecular weight excluding hydrogens is 280 g/mol. The fraction of sp³-hybridized carbons (Fsp3) is 0.0588. The number of nitriles is 1. The van der Waals surface area contributed by atoms with Gasteiger partial charge in [0.25, 0.3) is 5.91 Å². The second-order valence-electron chi connectivity index (χ2n) is 4.22. The molecule has 0 aliphatic heterocycles. The summed E-state index contributed by atoms with van der Waals surface area (Å²) >= 11 is 1.57. The van der Waals surface area contributed by atoms with Gasteiger partial charge in [0.15, 0.2) is 0 Å². The molecule has 0 aliphatic rings. The summed E-state index contributed by atoms with van der Waals surface area (Å²) in [4.78, 5) is 12.9. The van der Waals surface area contributed by atoms with Gasteiger partial charge < -0.3 is 5.32 Å². The maximum Gasteiger partial charge on any atom is 0.262 e. The first-order valence-corrected chi connectivity index (χ1v) is 7.31. The van der Waals surface area contributed by atoms with Crippen molar-refractivity contribution in [1.82, 2.24) is 5.32 Å². The van der Waals surface area contributed by atoms with Gasteiger partial charge >= 0.3 is 0 Å². The number of thiophene rings is 1. The molecule has 0 atom stereocenters. The highest BCUT2D eigenvalue weighted by atomic mass is 32.1. The van der Waals surface area contributed by atoms with E-state index in [0.29, 0.717) is 6.54 Å². The Hall–Kier alpha value is -2.64. The number of rotatable bonds is 5. The van der Waals surface area contributed by atoms with E-state index in [4.69, 9.17) is 5.26 Å². The van der Waals surface area contributed by atoms with Crippen molar-refractivity contribution in [2.75, 3.05) is 0 Å². The fourth-order valence-corrected chi connectivity index (χ4v) is 2.30. The lowest BCUT2D eigenvalue weighted by Crippen LogP contribution is -2.23. The Morgan fingerprint density at radius 1 is 1.24 bits per heavy atom. The van der Waals surface area contributed by atoms with Gasteiger partial charge in [0.2, 0.25) is 0 Å². The van der Waals surface area contributed by atoms with Crippen molar-refractivity contribution in [2.45, 2.75) is 6.54 Å². The SMILES string of the molecule is N#C/C(=C\C=C\c1ccccc1)C(=O)NCc1cccs1. The van der Waals surface area contributed by atoms with E-state index >= 15 is 0 Å². The van der Waals surface area contributed by atoms with E-state index in [1.165, 1.54) is 6.08 Å². The van der Waals surface area contributed by atoms with Gasteiger partial charge in [0.1, 0.15) is 11.6 Å². The van der Waals surface area contributed by atoms with Crippen molar-refractivity contribution in [2.24, 2.45) is 0 Å². The molecule has 0 aliphatic carbocycles. The second-order valence-corrected chi connectivity index (χ2v) is 5.26. The number of amides is 1. The summed E-state index contributed by atoms with van der Waals surface area (Å²) in [5.74, 6) is -0.358. The lowest BCUT2D eigenvalue weighted by atomic mass is 10.2. The minimum atomic E-state index is -0.358. The van der Waals surface area contributed by atoms with Crippen molar-refractivity contribution < 1.29 is 4.79 Å². The number of allylic oxidation sites excluding steroid dienone is 2. The predicted molar refractivity (Wildman–Crippen MR) is 85.3 cm³/mol. The number of carbonyl (C=O) groups is 1. The van der Waals surface area contributed by atoms with Gasteiger partial charge in [-0.3, -0.25) is 4.79 Å². The summed E-state index contributed by atoms with van der Waals surface area (Å²) in [7, 11) is 0. The van der Waals surface area contributed by atoms with Gasteiger partial charge in [-0.2, -0.15) is 5.26 Å². The number of nitrogens with zero attached hydrogens (tertiary/aromatic N) is 1. The Morgan fingerprint density at radius 2 is 2.05 bits per heavy atom. The average molecular weight is 294 g/mol. The van der Waals surface area contributed by atoms with Crippen LogP contribution in [-0.2, 0) is 11.3 Å². The highest BCUT2D eigenvalue weighted by Gasteiger charge is 2.07. The molecule has 0 saturated heterocycles. The third-order valence-electron chi connectivity index (χ3n) is 2.72. The third kappa shape index (κ3) is 4.75. The van der Waals surface area contributed by atoms with Crippen molar-refractivity contribution in [3.8, 4) is 6.07 Å². The van der Waals surface area contributed by atoms with E-state index in [2.05, 4.69) is 5.32 Å². The predicted octanol–water partition coefficient (Wildman–Crippen LogP) is 3.53. The molecule has 4 heteroatoms. The van der Waals surface area contributed by atoms with Crippen LogP contribution in [0, 0.1) is 11.3 Å². The molecule has 1 amide bonds. The van der Waals surface area contributed by atoms with Gasteiger partial charge in [-0.1, -0.05) is 48.6 Å². The molecule has 0 spiro atoms. The zero-order chi connectivity index (χ0) is 14.9. The maximum absolute atomic E-state index is 11.9. The molecule has 21 heavy (non-hydrogen) atoms. The second kappa shape index (κ2) is 7.83. The highest BCUT2D eigenvalue weighted by molar-refractivity contribution is 7.09. The first-order valence-electron chi connectivity index (χ1n) is 6.43. The maximum atomic E-state index is 11.9. The lowest BCUT2D eigenvalue weighted by Gasteiger charge is -2.01. The average Bonchev–Trinajstić information content (AvgIpc) is 3.04. The lowest BCUT2D eigenvalue weighted by molar-refractivity contribution is -0.117. The molecule has 1 N–H and O–H groups in total. The van der Waals surface area contributed by atoms with E-state index < -0.39 is 0 Å². The molecule has 2 aromatic rings. The van der Waals surface area contributed by atoms with E-state index in [0.717, 1.165) is 10.4 Å². The summed E-state index contributed by atoms with van der Waals surface area (Å²) in [6.45, 7) is 0.442. The summed E-state index contributed by atoms with van der Waals surface area (Å²) in [6, 6.07) is 15.5. The molecule has 0 unspecified atom stereocenters. The molecule has 1 aromatic heterocycles. The molecule has 1 heterocycles. The number of benzene rings is 1. The number of carbonyl (C=O) groups excluding carboxylic acids is 1. The van der Waals surface area contributed by atoms with Gasteiger partial charge in [0, 0.05) is 4.88 Å². The minimum absolute atomic E-state index is 0.0961. The Kier molecular flexibility index (Phi) is 5.50. The van der Waals surface area contributed by atoms with E-state index in [1.54, 1.807) is 17.4 Å². The van der Waals surface area contributed by atoms with E-state index in [-0.39, 0.29) is 11.5 Å². The minimum Gasteiger partial charge on any atom is -0.347 e. The van der Waals surface area contributed by atoms with Gasteiger partial charge in [-0.15, -0.1) is 11.3 Å². The third-order valence-corrected chi connectivity index (χ3v) is 3.60. The summed E-state index contributed by atoms with van der Waals surface area (Å²) in [5, 5.41) is 13.7. The van der Waals surface area contributed by atoms with E-state index in [1.807, 2.05) is 60.0 Å². The molecular formula is C17H14N2OS. The number of nitrogens with one attached hydrogen (secondary N) is 1. The van der Waals surface area contributed by atoms with Crippen molar-refractivity contribution >= 4 is 23.3 Å². The molecule has 1 aromatic carbocycles. The number of hydrogen-bond donors (Lipinski definition) is 1. The van der Waals surface area contributed by atoms with Crippen LogP contribution in [0.2, 0.25) is 0 Å². The first-order chi connectivity index (χ1) is 10.3. The van der Waals surface area contributed by atoms with Crippen molar-refractivity contribution in [3.63, 3.8) is 0 Å². The van der Waals surface area contributed by atoms with Crippen LogP contribution in [0.5, 0.6) is 0 Å². The normalized spacial score (nSPS) is 11.3. The quantitative estimate of drug-likeness (QED) is 0.521. The van der Waals surface area contributed by atoms with Crippen molar-refractivity contribution in [1.29, 1.82) is 5.26 Å². The Labute approximate surface area is 127 Å². The monoisotopic (exact) mass is 294 g/mol. The molecule has 104 valence electrons.